The Bertz CT molecular complexity index is 515. The van der Waals surface area contributed by atoms with Crippen molar-refractivity contribution in [3.8, 4) is 5.75 Å². The average molecular weight is 304 g/mol. The number of carbonyl (C=O) groups is 1. The average Bonchev–Trinajstić information content (AvgIpc) is 2.56. The van der Waals surface area contributed by atoms with Gasteiger partial charge in [0.2, 0.25) is 0 Å². The maximum absolute atomic E-state index is 12.0. The first-order chi connectivity index (χ1) is 10.7. The van der Waals surface area contributed by atoms with Crippen LogP contribution in [0.5, 0.6) is 5.75 Å². The highest BCUT2D eigenvalue weighted by Gasteiger charge is 2.05. The van der Waals surface area contributed by atoms with Crippen LogP contribution in [-0.2, 0) is 0 Å². The van der Waals surface area contributed by atoms with Gasteiger partial charge in [0.25, 0.3) is 5.91 Å². The maximum Gasteiger partial charge on any atom is 0.251 e. The van der Waals surface area contributed by atoms with Crippen molar-refractivity contribution in [1.29, 1.82) is 0 Å². The van der Waals surface area contributed by atoms with Crippen molar-refractivity contribution in [1.82, 2.24) is 16.0 Å². The minimum atomic E-state index is -0.141. The summed E-state index contributed by atoms with van der Waals surface area (Å²) in [7, 11) is 1.57. The molecule has 0 aliphatic heterocycles. The first kappa shape index (κ1) is 17.6. The molecular weight excluding hydrogens is 280 g/mol. The third kappa shape index (κ3) is 6.30. The third-order valence-electron chi connectivity index (χ3n) is 2.76. The van der Waals surface area contributed by atoms with Crippen LogP contribution in [0.4, 0.5) is 0 Å². The second kappa shape index (κ2) is 10.3. The Kier molecular flexibility index (Phi) is 8.18. The lowest BCUT2D eigenvalue weighted by Crippen LogP contribution is -2.38. The molecule has 0 spiro atoms. The third-order valence-corrected chi connectivity index (χ3v) is 2.76. The lowest BCUT2D eigenvalue weighted by Gasteiger charge is -2.10. The van der Waals surface area contributed by atoms with Gasteiger partial charge >= 0.3 is 0 Å². The monoisotopic (exact) mass is 304 g/mol. The zero-order chi connectivity index (χ0) is 16.2. The van der Waals surface area contributed by atoms with Gasteiger partial charge in [-0.2, -0.15) is 0 Å². The van der Waals surface area contributed by atoms with Crippen LogP contribution in [0.1, 0.15) is 17.3 Å². The van der Waals surface area contributed by atoms with Crippen molar-refractivity contribution in [2.75, 3.05) is 33.3 Å². The number of guanidine groups is 1. The molecule has 120 valence electrons. The number of amides is 1. The van der Waals surface area contributed by atoms with Crippen molar-refractivity contribution in [2.24, 2.45) is 4.99 Å². The first-order valence-corrected chi connectivity index (χ1v) is 7.26. The highest BCUT2D eigenvalue weighted by Crippen LogP contribution is 2.12. The van der Waals surface area contributed by atoms with E-state index >= 15 is 0 Å². The van der Waals surface area contributed by atoms with Gasteiger partial charge in [0.1, 0.15) is 5.75 Å². The van der Waals surface area contributed by atoms with E-state index in [4.69, 9.17) is 4.74 Å². The molecule has 0 saturated carbocycles. The molecule has 0 radical (unpaired) electrons. The molecule has 6 heteroatoms. The summed E-state index contributed by atoms with van der Waals surface area (Å²) in [6.45, 7) is 8.01. The normalized spacial score (nSPS) is 10.7. The van der Waals surface area contributed by atoms with E-state index in [-0.39, 0.29) is 5.91 Å². The number of methoxy groups -OCH3 is 1. The number of rotatable bonds is 8. The van der Waals surface area contributed by atoms with Crippen LogP contribution in [0.3, 0.4) is 0 Å². The van der Waals surface area contributed by atoms with E-state index in [1.165, 1.54) is 0 Å². The van der Waals surface area contributed by atoms with Crippen LogP contribution in [0, 0.1) is 0 Å². The number of aliphatic imine (C=N–C) groups is 1. The molecule has 0 saturated heterocycles. The lowest BCUT2D eigenvalue weighted by atomic mass is 10.2. The molecule has 1 aromatic carbocycles. The number of carbonyl (C=O) groups excluding carboxylic acids is 1. The Balaban J connectivity index is 2.44. The van der Waals surface area contributed by atoms with Crippen molar-refractivity contribution in [2.45, 2.75) is 6.92 Å². The Morgan fingerprint density at radius 3 is 2.86 bits per heavy atom. The first-order valence-electron chi connectivity index (χ1n) is 7.26. The summed E-state index contributed by atoms with van der Waals surface area (Å²) in [5, 5.41) is 9.04. The van der Waals surface area contributed by atoms with E-state index in [1.54, 1.807) is 37.5 Å². The molecule has 22 heavy (non-hydrogen) atoms. The van der Waals surface area contributed by atoms with Crippen molar-refractivity contribution < 1.29 is 9.53 Å². The van der Waals surface area contributed by atoms with E-state index in [9.17, 15) is 4.79 Å². The van der Waals surface area contributed by atoms with Gasteiger partial charge in [0, 0.05) is 25.2 Å². The second-order valence-corrected chi connectivity index (χ2v) is 4.42. The van der Waals surface area contributed by atoms with Gasteiger partial charge in [0.15, 0.2) is 5.96 Å². The number of benzene rings is 1. The summed E-state index contributed by atoms with van der Waals surface area (Å²) in [5.74, 6) is 1.23. The molecular formula is C16H24N4O2. The summed E-state index contributed by atoms with van der Waals surface area (Å²) in [5.41, 5.74) is 0.569. The SMILES string of the molecule is C=CCNC(=NCCNC(=O)c1cccc(OC)c1)NCC. The van der Waals surface area contributed by atoms with E-state index in [2.05, 4.69) is 27.5 Å². The molecule has 0 aliphatic carbocycles. The van der Waals surface area contributed by atoms with Crippen LogP contribution >= 0.6 is 0 Å². The molecule has 0 fully saturated rings. The summed E-state index contributed by atoms with van der Waals surface area (Å²) >= 11 is 0. The zero-order valence-electron chi connectivity index (χ0n) is 13.2. The van der Waals surface area contributed by atoms with Gasteiger partial charge < -0.3 is 20.7 Å². The topological polar surface area (TPSA) is 74.8 Å². The minimum Gasteiger partial charge on any atom is -0.497 e. The predicted molar refractivity (Wildman–Crippen MR) is 89.5 cm³/mol. The molecule has 3 N–H and O–H groups in total. The zero-order valence-corrected chi connectivity index (χ0v) is 13.2. The molecule has 0 bridgehead atoms. The smallest absolute Gasteiger partial charge is 0.251 e. The summed E-state index contributed by atoms with van der Waals surface area (Å²) in [6.07, 6.45) is 1.76. The Morgan fingerprint density at radius 1 is 1.36 bits per heavy atom. The number of nitrogens with one attached hydrogen (secondary N) is 3. The van der Waals surface area contributed by atoms with Gasteiger partial charge in [-0.25, -0.2) is 0 Å². The standard InChI is InChI=1S/C16H24N4O2/c1-4-9-19-16(17-5-2)20-11-10-18-15(21)13-7-6-8-14(12-13)22-3/h4,6-8,12H,1,5,9-11H2,2-3H3,(H,18,21)(H2,17,19,20). The number of ether oxygens (including phenoxy) is 1. The molecule has 1 rings (SSSR count). The van der Waals surface area contributed by atoms with Crippen molar-refractivity contribution >= 4 is 11.9 Å². The van der Waals surface area contributed by atoms with Gasteiger partial charge in [-0.05, 0) is 25.1 Å². The van der Waals surface area contributed by atoms with Gasteiger partial charge in [-0.3, -0.25) is 9.79 Å². The van der Waals surface area contributed by atoms with Crippen molar-refractivity contribution in [3.63, 3.8) is 0 Å². The van der Waals surface area contributed by atoms with Crippen molar-refractivity contribution in [3.05, 3.63) is 42.5 Å². The summed E-state index contributed by atoms with van der Waals surface area (Å²) in [4.78, 5) is 16.4. The predicted octanol–water partition coefficient (Wildman–Crippen LogP) is 1.17. The molecule has 0 aliphatic rings. The van der Waals surface area contributed by atoms with E-state index < -0.39 is 0 Å². The van der Waals surface area contributed by atoms with Gasteiger partial charge in [-0.1, -0.05) is 12.1 Å². The molecule has 0 heterocycles. The van der Waals surface area contributed by atoms with E-state index in [0.717, 1.165) is 6.54 Å². The van der Waals surface area contributed by atoms with Gasteiger partial charge in [0.05, 0.1) is 13.7 Å². The number of hydrogen-bond acceptors (Lipinski definition) is 3. The van der Waals surface area contributed by atoms with Crippen LogP contribution in [0.15, 0.2) is 41.9 Å². The molecule has 0 aromatic heterocycles. The summed E-state index contributed by atoms with van der Waals surface area (Å²) < 4.78 is 5.10. The second-order valence-electron chi connectivity index (χ2n) is 4.42. The fourth-order valence-corrected chi connectivity index (χ4v) is 1.71. The minimum absolute atomic E-state index is 0.141. The molecule has 1 amide bonds. The molecule has 1 aromatic rings. The molecule has 0 atom stereocenters. The number of nitrogens with zero attached hydrogens (tertiary/aromatic N) is 1. The molecule has 0 unspecified atom stereocenters. The van der Waals surface area contributed by atoms with E-state index in [1.807, 2.05) is 6.92 Å². The fourth-order valence-electron chi connectivity index (χ4n) is 1.71. The maximum atomic E-state index is 12.0. The lowest BCUT2D eigenvalue weighted by molar-refractivity contribution is 0.0954. The van der Waals surface area contributed by atoms with Gasteiger partial charge in [-0.15, -0.1) is 6.58 Å². The Morgan fingerprint density at radius 2 is 2.18 bits per heavy atom. The van der Waals surface area contributed by atoms with Crippen LogP contribution in [-0.4, -0.2) is 45.2 Å². The highest BCUT2D eigenvalue weighted by atomic mass is 16.5. The van der Waals surface area contributed by atoms with Crippen LogP contribution in [0.2, 0.25) is 0 Å². The molecule has 6 nitrogen and oxygen atoms in total. The highest BCUT2D eigenvalue weighted by molar-refractivity contribution is 5.94. The Labute approximate surface area is 131 Å². The number of hydrogen-bond donors (Lipinski definition) is 3. The largest absolute Gasteiger partial charge is 0.497 e. The quantitative estimate of drug-likeness (QED) is 0.292. The Hall–Kier alpha value is -2.50. The van der Waals surface area contributed by atoms with E-state index in [0.29, 0.717) is 36.9 Å². The summed E-state index contributed by atoms with van der Waals surface area (Å²) in [6, 6.07) is 7.04. The fraction of sp³-hybridized carbons (Fsp3) is 0.375. The van der Waals surface area contributed by atoms with Crippen LogP contribution in [0.25, 0.3) is 0 Å². The van der Waals surface area contributed by atoms with Crippen LogP contribution < -0.4 is 20.7 Å².